The summed E-state index contributed by atoms with van der Waals surface area (Å²) < 4.78 is 12.8. The van der Waals surface area contributed by atoms with Crippen molar-refractivity contribution in [2.75, 3.05) is 0 Å². The molecule has 0 aliphatic heterocycles. The van der Waals surface area contributed by atoms with Gasteiger partial charge in [-0.3, -0.25) is 4.99 Å². The lowest BCUT2D eigenvalue weighted by Gasteiger charge is -2.04. The number of halogens is 1. The summed E-state index contributed by atoms with van der Waals surface area (Å²) in [4.78, 5) is 3.80. The molecule has 10 heavy (non-hydrogen) atoms. The maximum atomic E-state index is 12.8. The Morgan fingerprint density at radius 1 is 1.40 bits per heavy atom. The Kier molecular flexibility index (Phi) is 4.24. The molecule has 0 amide bonds. The van der Waals surface area contributed by atoms with Crippen molar-refractivity contribution in [3.05, 3.63) is 0 Å². The summed E-state index contributed by atoms with van der Waals surface area (Å²) in [5.41, 5.74) is 0. The van der Waals surface area contributed by atoms with Gasteiger partial charge >= 0.3 is 0 Å². The number of aliphatic imine (C=N–C) groups is 1. The van der Waals surface area contributed by atoms with Gasteiger partial charge in [-0.05, 0) is 20.3 Å². The third kappa shape index (κ3) is 3.59. The number of rotatable bonds is 3. The summed E-state index contributed by atoms with van der Waals surface area (Å²) in [7, 11) is 0. The van der Waals surface area contributed by atoms with Gasteiger partial charge in [0.05, 0.1) is 0 Å². The van der Waals surface area contributed by atoms with Crippen LogP contribution in [0.3, 0.4) is 0 Å². The van der Waals surface area contributed by atoms with E-state index in [4.69, 9.17) is 0 Å². The molecular weight excluding hydrogens is 129 g/mol. The molecule has 0 aromatic heterocycles. The molecule has 0 aliphatic carbocycles. The molecule has 0 saturated carbocycles. The van der Waals surface area contributed by atoms with Crippen LogP contribution in [0.5, 0.6) is 0 Å². The van der Waals surface area contributed by atoms with E-state index in [1.165, 1.54) is 0 Å². The van der Waals surface area contributed by atoms with Crippen molar-refractivity contribution < 1.29 is 4.39 Å². The SMILES string of the molecule is CCC(C)C(F)=NC(C)C. The van der Waals surface area contributed by atoms with Crippen molar-refractivity contribution in [1.82, 2.24) is 0 Å². The molecule has 0 radical (unpaired) electrons. The van der Waals surface area contributed by atoms with Crippen LogP contribution in [0.25, 0.3) is 0 Å². The summed E-state index contributed by atoms with van der Waals surface area (Å²) in [6.07, 6.45) is 0.821. The molecule has 0 saturated heterocycles. The molecule has 1 atom stereocenters. The zero-order valence-electron chi connectivity index (χ0n) is 7.19. The van der Waals surface area contributed by atoms with E-state index < -0.39 is 0 Å². The van der Waals surface area contributed by atoms with Gasteiger partial charge in [-0.2, -0.15) is 4.39 Å². The van der Waals surface area contributed by atoms with E-state index in [9.17, 15) is 4.39 Å². The maximum absolute atomic E-state index is 12.8. The molecule has 60 valence electrons. The lowest BCUT2D eigenvalue weighted by molar-refractivity contribution is 0.614. The largest absolute Gasteiger partial charge is 0.259 e. The van der Waals surface area contributed by atoms with E-state index in [-0.39, 0.29) is 17.9 Å². The zero-order chi connectivity index (χ0) is 8.15. The van der Waals surface area contributed by atoms with Crippen LogP contribution in [-0.2, 0) is 0 Å². The predicted octanol–water partition coefficient (Wildman–Crippen LogP) is 2.81. The van der Waals surface area contributed by atoms with Crippen molar-refractivity contribution >= 4 is 5.97 Å². The second-order valence-electron chi connectivity index (χ2n) is 2.85. The van der Waals surface area contributed by atoms with Crippen LogP contribution >= 0.6 is 0 Å². The first-order valence-corrected chi connectivity index (χ1v) is 3.81. The van der Waals surface area contributed by atoms with Crippen molar-refractivity contribution in [3.63, 3.8) is 0 Å². The van der Waals surface area contributed by atoms with Gasteiger partial charge in [0.15, 0.2) is 5.97 Å². The monoisotopic (exact) mass is 145 g/mol. The number of hydrogen-bond acceptors (Lipinski definition) is 1. The Hall–Kier alpha value is -0.400. The highest BCUT2D eigenvalue weighted by Gasteiger charge is 2.06. The summed E-state index contributed by atoms with van der Waals surface area (Å²) >= 11 is 0. The molecule has 0 aliphatic rings. The normalized spacial score (nSPS) is 16.0. The molecule has 0 heterocycles. The van der Waals surface area contributed by atoms with Crippen molar-refractivity contribution in [2.24, 2.45) is 10.9 Å². The minimum absolute atomic E-state index is 0.0117. The van der Waals surface area contributed by atoms with E-state index in [2.05, 4.69) is 4.99 Å². The molecule has 0 N–H and O–H groups in total. The topological polar surface area (TPSA) is 12.4 Å². The zero-order valence-corrected chi connectivity index (χ0v) is 7.19. The van der Waals surface area contributed by atoms with Gasteiger partial charge in [0.2, 0.25) is 0 Å². The van der Waals surface area contributed by atoms with Crippen molar-refractivity contribution in [3.8, 4) is 0 Å². The maximum Gasteiger partial charge on any atom is 0.187 e. The Morgan fingerprint density at radius 2 is 1.90 bits per heavy atom. The van der Waals surface area contributed by atoms with Crippen LogP contribution < -0.4 is 0 Å². The van der Waals surface area contributed by atoms with E-state index >= 15 is 0 Å². The Bertz CT molecular complexity index is 118. The fourth-order valence-electron chi connectivity index (χ4n) is 0.542. The van der Waals surface area contributed by atoms with Gasteiger partial charge in [0.25, 0.3) is 0 Å². The number of nitrogens with zero attached hydrogens (tertiary/aromatic N) is 1. The highest BCUT2D eigenvalue weighted by molar-refractivity contribution is 5.77. The first-order valence-electron chi connectivity index (χ1n) is 3.81. The van der Waals surface area contributed by atoms with Gasteiger partial charge < -0.3 is 0 Å². The molecule has 0 aromatic rings. The van der Waals surface area contributed by atoms with Crippen LogP contribution in [0.1, 0.15) is 34.1 Å². The quantitative estimate of drug-likeness (QED) is 0.541. The van der Waals surface area contributed by atoms with Gasteiger partial charge in [0.1, 0.15) is 0 Å². The van der Waals surface area contributed by atoms with Crippen LogP contribution in [0.2, 0.25) is 0 Å². The first kappa shape index (κ1) is 9.60. The van der Waals surface area contributed by atoms with Crippen LogP contribution in [0.4, 0.5) is 4.39 Å². The molecular formula is C8H16FN. The second kappa shape index (κ2) is 4.42. The predicted molar refractivity (Wildman–Crippen MR) is 43.1 cm³/mol. The number of hydrogen-bond donors (Lipinski definition) is 0. The lowest BCUT2D eigenvalue weighted by Crippen LogP contribution is -2.06. The van der Waals surface area contributed by atoms with Gasteiger partial charge in [0, 0.05) is 12.0 Å². The van der Waals surface area contributed by atoms with Gasteiger partial charge in [-0.15, -0.1) is 0 Å². The van der Waals surface area contributed by atoms with Crippen LogP contribution in [0.15, 0.2) is 4.99 Å². The highest BCUT2D eigenvalue weighted by Crippen LogP contribution is 2.06. The van der Waals surface area contributed by atoms with Gasteiger partial charge in [-0.25, -0.2) is 0 Å². The molecule has 2 heteroatoms. The fraction of sp³-hybridized carbons (Fsp3) is 0.875. The minimum atomic E-state index is -0.211. The molecule has 0 fully saturated rings. The van der Waals surface area contributed by atoms with E-state index in [0.717, 1.165) is 6.42 Å². The van der Waals surface area contributed by atoms with Crippen molar-refractivity contribution in [2.45, 2.75) is 40.2 Å². The highest BCUT2D eigenvalue weighted by atomic mass is 19.1. The van der Waals surface area contributed by atoms with E-state index in [1.54, 1.807) is 0 Å². The average molecular weight is 145 g/mol. The van der Waals surface area contributed by atoms with E-state index in [0.29, 0.717) is 0 Å². The summed E-state index contributed by atoms with van der Waals surface area (Å²) in [5, 5.41) is 0. The molecule has 0 aromatic carbocycles. The minimum Gasteiger partial charge on any atom is -0.259 e. The fourth-order valence-corrected chi connectivity index (χ4v) is 0.542. The summed E-state index contributed by atoms with van der Waals surface area (Å²) in [6.45, 7) is 7.56. The van der Waals surface area contributed by atoms with Gasteiger partial charge in [-0.1, -0.05) is 13.8 Å². The molecule has 0 bridgehead atoms. The third-order valence-corrected chi connectivity index (χ3v) is 1.40. The summed E-state index contributed by atoms with van der Waals surface area (Å²) in [6, 6.07) is 0.0778. The smallest absolute Gasteiger partial charge is 0.187 e. The summed E-state index contributed by atoms with van der Waals surface area (Å²) in [5.74, 6) is -0.222. The van der Waals surface area contributed by atoms with E-state index in [1.807, 2.05) is 27.7 Å². The first-order chi connectivity index (χ1) is 4.57. The van der Waals surface area contributed by atoms with Crippen molar-refractivity contribution in [1.29, 1.82) is 0 Å². The Balaban J connectivity index is 3.91. The molecule has 1 nitrogen and oxygen atoms in total. The lowest BCUT2D eigenvalue weighted by atomic mass is 10.1. The Labute approximate surface area is 62.4 Å². The standard InChI is InChI=1S/C8H16FN/c1-5-7(4)8(9)10-6(2)3/h6-7H,5H2,1-4H3. The third-order valence-electron chi connectivity index (χ3n) is 1.40. The average Bonchev–Trinajstić information content (AvgIpc) is 1.85. The molecule has 0 spiro atoms. The molecule has 1 unspecified atom stereocenters. The second-order valence-corrected chi connectivity index (χ2v) is 2.85. The van der Waals surface area contributed by atoms with Crippen LogP contribution in [0, 0.1) is 5.92 Å². The molecule has 0 rings (SSSR count). The van der Waals surface area contributed by atoms with Crippen LogP contribution in [-0.4, -0.2) is 12.0 Å². The Morgan fingerprint density at radius 3 is 2.20 bits per heavy atom.